The molecule has 0 N–H and O–H groups in total. The summed E-state index contributed by atoms with van der Waals surface area (Å²) < 4.78 is 5.31. The van der Waals surface area contributed by atoms with Crippen LogP contribution in [0, 0.1) is 0 Å². The first-order chi connectivity index (χ1) is 11.2. The minimum atomic E-state index is 0. The van der Waals surface area contributed by atoms with E-state index in [0.29, 0.717) is 0 Å². The number of nitrogens with zero attached hydrogens (tertiary/aromatic N) is 5. The van der Waals surface area contributed by atoms with Gasteiger partial charge in [0.1, 0.15) is 0 Å². The Balaban J connectivity index is 0. The smallest absolute Gasteiger partial charge is 0.753 e. The van der Waals surface area contributed by atoms with Crippen molar-refractivity contribution in [3.8, 4) is 0 Å². The number of ether oxygens (including phenoxy) is 1. The summed E-state index contributed by atoms with van der Waals surface area (Å²) in [5.41, 5.74) is 1.98. The molecule has 1 saturated heterocycles. The molecular weight excluding hydrogens is 394 g/mol. The predicted octanol–water partition coefficient (Wildman–Crippen LogP) is 2.54. The molecule has 0 unspecified atom stereocenters. The Labute approximate surface area is 164 Å². The van der Waals surface area contributed by atoms with E-state index in [1.54, 1.807) is 6.20 Å². The molecule has 6 nitrogen and oxygen atoms in total. The topological polar surface area (TPSA) is 82.3 Å². The molecule has 24 heavy (non-hydrogen) atoms. The average molecular weight is 413 g/mol. The maximum absolute atomic E-state index is 7.13. The van der Waals surface area contributed by atoms with Crippen molar-refractivity contribution in [3.63, 3.8) is 0 Å². The molecule has 0 saturated carbocycles. The van der Waals surface area contributed by atoms with E-state index < -0.39 is 0 Å². The zero-order valence-corrected chi connectivity index (χ0v) is 15.9. The van der Waals surface area contributed by atoms with Crippen LogP contribution in [0.25, 0.3) is 10.8 Å². The van der Waals surface area contributed by atoms with Crippen LogP contribution in [0.1, 0.15) is 12.6 Å². The van der Waals surface area contributed by atoms with Crippen molar-refractivity contribution in [2.75, 3.05) is 39.4 Å². The van der Waals surface area contributed by atoms with Crippen LogP contribution in [0.4, 0.5) is 0 Å². The van der Waals surface area contributed by atoms with Crippen LogP contribution in [0.3, 0.4) is 0 Å². The zero-order valence-electron chi connectivity index (χ0n) is 13.3. The number of aromatic nitrogens is 1. The molecule has 1 fully saturated rings. The number of hydrogen-bond donors (Lipinski definition) is 0. The Hall–Kier alpha value is -1.14. The van der Waals surface area contributed by atoms with Gasteiger partial charge in [0.2, 0.25) is 0 Å². The van der Waals surface area contributed by atoms with Gasteiger partial charge in [0.25, 0.3) is 0 Å². The molecule has 1 aliphatic rings. The SMILES string of the molecule is CC(=NCCN1CCOCC1)c1ccccn1.[Cu+2].[N-]=C=S.[N-]=C=S. The molecule has 133 valence electrons. The van der Waals surface area contributed by atoms with E-state index in [0.717, 1.165) is 50.8 Å². The van der Waals surface area contributed by atoms with Gasteiger partial charge in [-0.25, -0.2) is 0 Å². The molecule has 0 bridgehead atoms. The van der Waals surface area contributed by atoms with E-state index in [1.165, 1.54) is 10.3 Å². The van der Waals surface area contributed by atoms with Gasteiger partial charge in [-0.15, -0.1) is 0 Å². The van der Waals surface area contributed by atoms with E-state index in [9.17, 15) is 0 Å². The standard InChI is InChI=1S/C13H19N3O.2CNS.Cu/c1-12(13-4-2-3-5-15-13)14-6-7-16-8-10-17-11-9-16;2*2-1-3;/h2-5H,6-11H2,1H3;;;/q;2*-1;+2. The number of thiocarbonyl (C=S) groups is 2. The van der Waals surface area contributed by atoms with Crippen molar-refractivity contribution in [2.24, 2.45) is 4.99 Å². The molecule has 0 aliphatic carbocycles. The minimum Gasteiger partial charge on any atom is -0.753 e. The molecule has 0 atom stereocenters. The van der Waals surface area contributed by atoms with E-state index in [2.05, 4.69) is 39.3 Å². The number of rotatable bonds is 4. The van der Waals surface area contributed by atoms with Gasteiger partial charge in [-0.05, 0) is 19.1 Å². The van der Waals surface area contributed by atoms with Crippen LogP contribution >= 0.6 is 24.4 Å². The number of pyridine rings is 1. The number of hydrogen-bond acceptors (Lipinski definition) is 6. The van der Waals surface area contributed by atoms with Crippen LogP contribution in [0.2, 0.25) is 0 Å². The van der Waals surface area contributed by atoms with Gasteiger partial charge < -0.3 is 15.6 Å². The van der Waals surface area contributed by atoms with Crippen LogP contribution in [-0.4, -0.2) is 65.3 Å². The molecule has 9 heteroatoms. The summed E-state index contributed by atoms with van der Waals surface area (Å²) in [4.78, 5) is 11.2. The first-order valence-electron chi connectivity index (χ1n) is 6.94. The van der Waals surface area contributed by atoms with E-state index in [1.807, 2.05) is 25.1 Å². The number of isothiocyanates is 2. The Morgan fingerprint density at radius 3 is 2.38 bits per heavy atom. The third-order valence-electron chi connectivity index (χ3n) is 2.90. The Kier molecular flexibility index (Phi) is 19.0. The van der Waals surface area contributed by atoms with Gasteiger partial charge in [0.15, 0.2) is 0 Å². The van der Waals surface area contributed by atoms with Crippen molar-refractivity contribution >= 4 is 40.5 Å². The van der Waals surface area contributed by atoms with Crippen LogP contribution in [-0.2, 0) is 21.8 Å². The fourth-order valence-corrected chi connectivity index (χ4v) is 1.84. The Bertz CT molecular complexity index is 512. The minimum absolute atomic E-state index is 0. The maximum atomic E-state index is 7.13. The van der Waals surface area contributed by atoms with Gasteiger partial charge in [-0.3, -0.25) is 14.9 Å². The summed E-state index contributed by atoms with van der Waals surface area (Å²) >= 11 is 7.40. The fourth-order valence-electron chi connectivity index (χ4n) is 1.84. The van der Waals surface area contributed by atoms with Crippen molar-refractivity contribution in [3.05, 3.63) is 40.9 Å². The van der Waals surface area contributed by atoms with Gasteiger partial charge >= 0.3 is 17.1 Å². The summed E-state index contributed by atoms with van der Waals surface area (Å²) in [6.07, 6.45) is 1.80. The second kappa shape index (κ2) is 18.2. The second-order valence-corrected chi connectivity index (χ2v) is 4.68. The zero-order chi connectivity index (χ0) is 17.3. The Morgan fingerprint density at radius 1 is 1.29 bits per heavy atom. The van der Waals surface area contributed by atoms with Crippen LogP contribution in [0.15, 0.2) is 29.4 Å². The molecule has 1 aromatic heterocycles. The monoisotopic (exact) mass is 412 g/mol. The van der Waals surface area contributed by atoms with Gasteiger partial charge in [-0.2, -0.15) is 10.3 Å². The summed E-state index contributed by atoms with van der Waals surface area (Å²) in [6, 6.07) is 5.90. The molecule has 0 amide bonds. The third kappa shape index (κ3) is 13.3. The summed E-state index contributed by atoms with van der Waals surface area (Å²) in [5, 5.41) is 16.9. The molecule has 0 spiro atoms. The van der Waals surface area contributed by atoms with Crippen LogP contribution < -0.4 is 0 Å². The first kappa shape index (κ1) is 25.1. The van der Waals surface area contributed by atoms with Gasteiger partial charge in [0.05, 0.1) is 31.2 Å². The molecule has 1 aliphatic heterocycles. The number of morpholine rings is 1. The van der Waals surface area contributed by atoms with Crippen molar-refractivity contribution in [2.45, 2.75) is 6.92 Å². The summed E-state index contributed by atoms with van der Waals surface area (Å²) in [7, 11) is 0. The molecule has 2 heterocycles. The quantitative estimate of drug-likeness (QED) is 0.431. The van der Waals surface area contributed by atoms with Crippen LogP contribution in [0.5, 0.6) is 0 Å². The van der Waals surface area contributed by atoms with Gasteiger partial charge in [0, 0.05) is 25.8 Å². The fraction of sp³-hybridized carbons (Fsp3) is 0.467. The van der Waals surface area contributed by atoms with E-state index in [4.69, 9.17) is 15.6 Å². The molecule has 1 radical (unpaired) electrons. The molecule has 0 aromatic carbocycles. The summed E-state index contributed by atoms with van der Waals surface area (Å²) in [5.74, 6) is 0. The predicted molar refractivity (Wildman–Crippen MR) is 100 cm³/mol. The van der Waals surface area contributed by atoms with Gasteiger partial charge in [-0.1, -0.05) is 30.5 Å². The average Bonchev–Trinajstić information content (AvgIpc) is 2.58. The second-order valence-electron chi connectivity index (χ2n) is 4.32. The molecule has 2 rings (SSSR count). The normalized spacial score (nSPS) is 13.6. The molecule has 1 aromatic rings. The largest absolute Gasteiger partial charge is 2.00 e. The Morgan fingerprint density at radius 2 is 1.88 bits per heavy atom. The van der Waals surface area contributed by atoms with E-state index in [-0.39, 0.29) is 17.1 Å². The van der Waals surface area contributed by atoms with E-state index >= 15 is 0 Å². The third-order valence-corrected chi connectivity index (χ3v) is 2.90. The van der Waals surface area contributed by atoms with Crippen molar-refractivity contribution in [1.29, 1.82) is 0 Å². The van der Waals surface area contributed by atoms with Crippen molar-refractivity contribution in [1.82, 2.24) is 9.88 Å². The maximum Gasteiger partial charge on any atom is 2.00 e. The first-order valence-corrected chi connectivity index (χ1v) is 7.76. The number of aliphatic imine (C=N–C) groups is 1. The molecular formula is C15H19CuN5OS2. The van der Waals surface area contributed by atoms with Crippen molar-refractivity contribution < 1.29 is 21.8 Å². The summed E-state index contributed by atoms with van der Waals surface area (Å²) in [6.45, 7) is 7.61.